The molecular weight excluding hydrogens is 254 g/mol. The molecule has 1 aliphatic rings. The third kappa shape index (κ3) is 2.32. The smallest absolute Gasteiger partial charge is 0.205 e. The van der Waals surface area contributed by atoms with Crippen molar-refractivity contribution in [3.63, 3.8) is 0 Å². The Morgan fingerprint density at radius 2 is 1.90 bits per heavy atom. The van der Waals surface area contributed by atoms with Crippen LogP contribution in [0, 0.1) is 0 Å². The van der Waals surface area contributed by atoms with Gasteiger partial charge in [0.15, 0.2) is 0 Å². The quantitative estimate of drug-likeness (QED) is 0.625. The molecule has 1 aliphatic carbocycles. The predicted octanol–water partition coefficient (Wildman–Crippen LogP) is 6.17. The number of rotatable bonds is 4. The molecule has 3 rings (SSSR count). The highest BCUT2D eigenvalue weighted by atomic mass is 19.3. The molecule has 0 aromatic heterocycles. The number of alkyl halides is 2. The van der Waals surface area contributed by atoms with Crippen LogP contribution < -0.4 is 0 Å². The van der Waals surface area contributed by atoms with Crippen molar-refractivity contribution in [2.24, 2.45) is 0 Å². The highest BCUT2D eigenvalue weighted by Gasteiger charge is 2.29. The third-order valence-corrected chi connectivity index (χ3v) is 4.51. The van der Waals surface area contributed by atoms with Gasteiger partial charge in [0.2, 0.25) is 0 Å². The monoisotopic (exact) mass is 274 g/mol. The molecule has 0 spiro atoms. The van der Waals surface area contributed by atoms with Gasteiger partial charge in [-0.15, -0.1) is 0 Å². The zero-order chi connectivity index (χ0) is 14.3. The zero-order valence-corrected chi connectivity index (χ0v) is 12.0. The molecule has 0 bridgehead atoms. The van der Waals surface area contributed by atoms with Gasteiger partial charge in [0.1, 0.15) is 0 Å². The number of halogens is 2. The lowest BCUT2D eigenvalue weighted by Gasteiger charge is -2.16. The highest BCUT2D eigenvalue weighted by Crippen LogP contribution is 2.45. The standard InChI is InChI=1S/C18H20F2/c1-3-11(2)14-6-4-5-13-9-15(12-7-8-12)17(18(19)20)10-16(13)14/h4-6,9-12,18H,3,7-8H2,1-2H3. The molecule has 0 radical (unpaired) electrons. The highest BCUT2D eigenvalue weighted by molar-refractivity contribution is 5.88. The first kappa shape index (κ1) is 13.5. The fourth-order valence-corrected chi connectivity index (χ4v) is 2.97. The lowest BCUT2D eigenvalue weighted by Crippen LogP contribution is -1.97. The van der Waals surface area contributed by atoms with Gasteiger partial charge in [-0.05, 0) is 59.1 Å². The molecule has 0 N–H and O–H groups in total. The van der Waals surface area contributed by atoms with Crippen LogP contribution in [0.2, 0.25) is 0 Å². The van der Waals surface area contributed by atoms with Gasteiger partial charge in [-0.1, -0.05) is 38.1 Å². The van der Waals surface area contributed by atoms with E-state index in [9.17, 15) is 8.78 Å². The van der Waals surface area contributed by atoms with Gasteiger partial charge in [0.25, 0.3) is 6.43 Å². The van der Waals surface area contributed by atoms with Gasteiger partial charge in [-0.3, -0.25) is 0 Å². The predicted molar refractivity (Wildman–Crippen MR) is 79.6 cm³/mol. The van der Waals surface area contributed by atoms with Crippen LogP contribution in [0.3, 0.4) is 0 Å². The molecule has 0 aliphatic heterocycles. The van der Waals surface area contributed by atoms with E-state index < -0.39 is 6.43 Å². The SMILES string of the molecule is CCC(C)c1cccc2cc(C3CC3)c(C(F)F)cc12. The van der Waals surface area contributed by atoms with Crippen molar-refractivity contribution in [1.29, 1.82) is 0 Å². The van der Waals surface area contributed by atoms with Crippen molar-refractivity contribution in [3.05, 3.63) is 47.0 Å². The summed E-state index contributed by atoms with van der Waals surface area (Å²) in [5.74, 6) is 0.756. The maximum atomic E-state index is 13.4. The van der Waals surface area contributed by atoms with Crippen molar-refractivity contribution in [2.45, 2.75) is 51.4 Å². The summed E-state index contributed by atoms with van der Waals surface area (Å²) in [6.45, 7) is 4.29. The van der Waals surface area contributed by atoms with Crippen molar-refractivity contribution < 1.29 is 8.78 Å². The van der Waals surface area contributed by atoms with E-state index in [1.54, 1.807) is 6.07 Å². The normalized spacial score (nSPS) is 16.9. The van der Waals surface area contributed by atoms with Crippen LogP contribution in [0.15, 0.2) is 30.3 Å². The summed E-state index contributed by atoms with van der Waals surface area (Å²) in [5.41, 5.74) is 2.30. The van der Waals surface area contributed by atoms with Crippen molar-refractivity contribution >= 4 is 10.8 Å². The van der Waals surface area contributed by atoms with Crippen LogP contribution in [0.4, 0.5) is 8.78 Å². The fraction of sp³-hybridized carbons (Fsp3) is 0.444. The minimum atomic E-state index is -2.38. The van der Waals surface area contributed by atoms with Crippen LogP contribution in [0.25, 0.3) is 10.8 Å². The molecule has 0 saturated heterocycles. The summed E-state index contributed by atoms with van der Waals surface area (Å²) in [7, 11) is 0. The van der Waals surface area contributed by atoms with E-state index in [1.807, 2.05) is 18.2 Å². The molecule has 2 aromatic rings. The Balaban J connectivity index is 2.22. The van der Waals surface area contributed by atoms with E-state index in [-0.39, 0.29) is 5.56 Å². The van der Waals surface area contributed by atoms with Gasteiger partial charge in [0, 0.05) is 5.56 Å². The van der Waals surface area contributed by atoms with E-state index in [1.165, 1.54) is 5.56 Å². The first-order valence-electron chi connectivity index (χ1n) is 7.46. The maximum Gasteiger partial charge on any atom is 0.264 e. The molecule has 0 heterocycles. The van der Waals surface area contributed by atoms with Crippen LogP contribution in [0.1, 0.15) is 68.1 Å². The molecular formula is C18H20F2. The van der Waals surface area contributed by atoms with E-state index in [4.69, 9.17) is 0 Å². The van der Waals surface area contributed by atoms with E-state index in [0.717, 1.165) is 35.6 Å². The van der Waals surface area contributed by atoms with Gasteiger partial charge in [0.05, 0.1) is 0 Å². The largest absolute Gasteiger partial charge is 0.264 e. The molecule has 1 unspecified atom stereocenters. The molecule has 20 heavy (non-hydrogen) atoms. The summed E-state index contributed by atoms with van der Waals surface area (Å²) < 4.78 is 26.7. The molecule has 106 valence electrons. The van der Waals surface area contributed by atoms with Gasteiger partial charge >= 0.3 is 0 Å². The lowest BCUT2D eigenvalue weighted by molar-refractivity contribution is 0.150. The van der Waals surface area contributed by atoms with Crippen molar-refractivity contribution in [3.8, 4) is 0 Å². The topological polar surface area (TPSA) is 0 Å². The van der Waals surface area contributed by atoms with E-state index in [2.05, 4.69) is 19.9 Å². The lowest BCUT2D eigenvalue weighted by atomic mass is 9.90. The Labute approximate surface area is 118 Å². The number of hydrogen-bond acceptors (Lipinski definition) is 0. The molecule has 2 heteroatoms. The summed E-state index contributed by atoms with van der Waals surface area (Å²) in [6.07, 6.45) is 0.750. The molecule has 0 nitrogen and oxygen atoms in total. The number of benzene rings is 2. The van der Waals surface area contributed by atoms with E-state index in [0.29, 0.717) is 11.8 Å². The van der Waals surface area contributed by atoms with Gasteiger partial charge < -0.3 is 0 Å². The van der Waals surface area contributed by atoms with Crippen molar-refractivity contribution in [2.75, 3.05) is 0 Å². The average Bonchev–Trinajstić information content (AvgIpc) is 3.28. The summed E-state index contributed by atoms with van der Waals surface area (Å²) in [5, 5.41) is 2.11. The van der Waals surface area contributed by atoms with Gasteiger partial charge in [-0.2, -0.15) is 0 Å². The Hall–Kier alpha value is -1.44. The van der Waals surface area contributed by atoms with Crippen LogP contribution in [-0.4, -0.2) is 0 Å². The molecule has 0 amide bonds. The number of hydrogen-bond donors (Lipinski definition) is 0. The third-order valence-electron chi connectivity index (χ3n) is 4.51. The molecule has 1 atom stereocenters. The van der Waals surface area contributed by atoms with Crippen LogP contribution in [0.5, 0.6) is 0 Å². The molecule has 1 fully saturated rings. The zero-order valence-electron chi connectivity index (χ0n) is 12.0. The minimum Gasteiger partial charge on any atom is -0.205 e. The Morgan fingerprint density at radius 1 is 1.15 bits per heavy atom. The Kier molecular flexibility index (Phi) is 3.49. The van der Waals surface area contributed by atoms with E-state index >= 15 is 0 Å². The van der Waals surface area contributed by atoms with Crippen LogP contribution in [-0.2, 0) is 0 Å². The second-order valence-corrected chi connectivity index (χ2v) is 5.93. The maximum absolute atomic E-state index is 13.4. The Bertz CT molecular complexity index is 627. The second-order valence-electron chi connectivity index (χ2n) is 5.93. The molecule has 1 saturated carbocycles. The molecule has 2 aromatic carbocycles. The first-order chi connectivity index (χ1) is 9.61. The van der Waals surface area contributed by atoms with Crippen molar-refractivity contribution in [1.82, 2.24) is 0 Å². The second kappa shape index (κ2) is 5.16. The summed E-state index contributed by atoms with van der Waals surface area (Å²) in [6, 6.07) is 9.91. The van der Waals surface area contributed by atoms with Crippen LogP contribution >= 0.6 is 0 Å². The minimum absolute atomic E-state index is 0.246. The first-order valence-corrected chi connectivity index (χ1v) is 7.46. The number of fused-ring (bicyclic) bond motifs is 1. The van der Waals surface area contributed by atoms with Gasteiger partial charge in [-0.25, -0.2) is 8.78 Å². The summed E-state index contributed by atoms with van der Waals surface area (Å²) in [4.78, 5) is 0. The summed E-state index contributed by atoms with van der Waals surface area (Å²) >= 11 is 0. The fourth-order valence-electron chi connectivity index (χ4n) is 2.97. The average molecular weight is 274 g/mol. The Morgan fingerprint density at radius 3 is 2.50 bits per heavy atom.